The fourth-order valence-corrected chi connectivity index (χ4v) is 3.34. The molecule has 2 rings (SSSR count). The summed E-state index contributed by atoms with van der Waals surface area (Å²) in [5, 5.41) is 3.05. The van der Waals surface area contributed by atoms with E-state index < -0.39 is 0 Å². The number of nitrogens with zero attached hydrogens (tertiary/aromatic N) is 3. The molecule has 1 aromatic heterocycles. The minimum Gasteiger partial charge on any atom is -0.345 e. The second-order valence-corrected chi connectivity index (χ2v) is 7.26. The van der Waals surface area contributed by atoms with Crippen molar-refractivity contribution in [3.05, 3.63) is 11.6 Å². The number of aromatic nitrogens is 1. The average Bonchev–Trinajstić information content (AvgIpc) is 2.99. The molecule has 0 bridgehead atoms. The van der Waals surface area contributed by atoms with Gasteiger partial charge in [0.2, 0.25) is 5.91 Å². The summed E-state index contributed by atoms with van der Waals surface area (Å²) in [4.78, 5) is 20.9. The van der Waals surface area contributed by atoms with E-state index in [1.807, 2.05) is 16.5 Å². The molecule has 0 spiro atoms. The third-order valence-electron chi connectivity index (χ3n) is 4.16. The zero-order chi connectivity index (χ0) is 15.3. The molecule has 0 aliphatic carbocycles. The van der Waals surface area contributed by atoms with E-state index in [2.05, 4.69) is 23.7 Å². The molecule has 2 heterocycles. The SMILES string of the molecule is CC(C)(CCN)CCC(=O)N1CCN(c2nccs2)CC1. The molecule has 6 heteroatoms. The summed E-state index contributed by atoms with van der Waals surface area (Å²) >= 11 is 1.66. The van der Waals surface area contributed by atoms with E-state index in [9.17, 15) is 4.79 Å². The molecular weight excluding hydrogens is 284 g/mol. The van der Waals surface area contributed by atoms with Gasteiger partial charge in [0, 0.05) is 44.2 Å². The van der Waals surface area contributed by atoms with Crippen molar-refractivity contribution in [2.45, 2.75) is 33.1 Å². The molecule has 1 aromatic rings. The summed E-state index contributed by atoms with van der Waals surface area (Å²) in [6.07, 6.45) is 4.34. The van der Waals surface area contributed by atoms with Crippen LogP contribution in [0.3, 0.4) is 0 Å². The molecule has 1 amide bonds. The van der Waals surface area contributed by atoms with Gasteiger partial charge < -0.3 is 15.5 Å². The van der Waals surface area contributed by atoms with E-state index in [1.165, 1.54) is 0 Å². The van der Waals surface area contributed by atoms with Crippen LogP contribution in [0.5, 0.6) is 0 Å². The van der Waals surface area contributed by atoms with Crippen LogP contribution in [-0.2, 0) is 4.79 Å². The summed E-state index contributed by atoms with van der Waals surface area (Å²) in [6.45, 7) is 8.43. The van der Waals surface area contributed by atoms with Gasteiger partial charge in [0.15, 0.2) is 5.13 Å². The predicted molar refractivity (Wildman–Crippen MR) is 87.6 cm³/mol. The van der Waals surface area contributed by atoms with E-state index in [0.717, 1.165) is 44.2 Å². The van der Waals surface area contributed by atoms with E-state index in [1.54, 1.807) is 11.3 Å². The number of rotatable bonds is 6. The Morgan fingerprint density at radius 3 is 2.62 bits per heavy atom. The average molecular weight is 310 g/mol. The van der Waals surface area contributed by atoms with Crippen LogP contribution in [0, 0.1) is 5.41 Å². The molecule has 1 saturated heterocycles. The van der Waals surface area contributed by atoms with Crippen LogP contribution in [-0.4, -0.2) is 48.5 Å². The van der Waals surface area contributed by atoms with Gasteiger partial charge in [-0.1, -0.05) is 13.8 Å². The van der Waals surface area contributed by atoms with Crippen LogP contribution in [0.25, 0.3) is 0 Å². The third kappa shape index (κ3) is 4.68. The van der Waals surface area contributed by atoms with Crippen molar-refractivity contribution >= 4 is 22.4 Å². The number of hydrogen-bond acceptors (Lipinski definition) is 5. The van der Waals surface area contributed by atoms with Crippen molar-refractivity contribution in [3.63, 3.8) is 0 Å². The molecule has 2 N–H and O–H groups in total. The number of thiazole rings is 1. The number of carbonyl (C=O) groups is 1. The summed E-state index contributed by atoms with van der Waals surface area (Å²) in [5.41, 5.74) is 5.78. The van der Waals surface area contributed by atoms with E-state index in [4.69, 9.17) is 5.73 Å². The van der Waals surface area contributed by atoms with E-state index >= 15 is 0 Å². The van der Waals surface area contributed by atoms with Crippen molar-refractivity contribution in [3.8, 4) is 0 Å². The number of hydrogen-bond donors (Lipinski definition) is 1. The standard InChI is InChI=1S/C15H26N4OS/c1-15(2,5-6-16)4-3-13(20)18-8-10-19(11-9-18)14-17-7-12-21-14/h7,12H,3-6,8-11,16H2,1-2H3. The van der Waals surface area contributed by atoms with Crippen molar-refractivity contribution in [1.82, 2.24) is 9.88 Å². The highest BCUT2D eigenvalue weighted by Crippen LogP contribution is 2.26. The van der Waals surface area contributed by atoms with Crippen LogP contribution in [0.15, 0.2) is 11.6 Å². The molecule has 0 unspecified atom stereocenters. The number of carbonyl (C=O) groups excluding carboxylic acids is 1. The Balaban J connectivity index is 1.75. The first kappa shape index (κ1) is 16.2. The predicted octanol–water partition coefficient (Wildman–Crippen LogP) is 1.95. The summed E-state index contributed by atoms with van der Waals surface area (Å²) in [5.74, 6) is 0.277. The minimum atomic E-state index is 0.160. The first-order valence-electron chi connectivity index (χ1n) is 7.64. The van der Waals surface area contributed by atoms with Crippen LogP contribution in [0.2, 0.25) is 0 Å². The lowest BCUT2D eigenvalue weighted by Crippen LogP contribution is -2.48. The lowest BCUT2D eigenvalue weighted by molar-refractivity contribution is -0.132. The third-order valence-corrected chi connectivity index (χ3v) is 4.99. The lowest BCUT2D eigenvalue weighted by Gasteiger charge is -2.35. The maximum Gasteiger partial charge on any atom is 0.222 e. The second-order valence-electron chi connectivity index (χ2n) is 6.39. The molecule has 0 aromatic carbocycles. The summed E-state index contributed by atoms with van der Waals surface area (Å²) in [7, 11) is 0. The topological polar surface area (TPSA) is 62.5 Å². The number of amides is 1. The monoisotopic (exact) mass is 310 g/mol. The summed E-state index contributed by atoms with van der Waals surface area (Å²) < 4.78 is 0. The van der Waals surface area contributed by atoms with Crippen LogP contribution >= 0.6 is 11.3 Å². The molecule has 5 nitrogen and oxygen atoms in total. The lowest BCUT2D eigenvalue weighted by atomic mass is 9.84. The smallest absolute Gasteiger partial charge is 0.222 e. The van der Waals surface area contributed by atoms with E-state index in [0.29, 0.717) is 13.0 Å². The number of anilines is 1. The van der Waals surface area contributed by atoms with Crippen LogP contribution in [0.1, 0.15) is 33.1 Å². The molecule has 1 aliphatic heterocycles. The highest BCUT2D eigenvalue weighted by molar-refractivity contribution is 7.13. The normalized spacial score (nSPS) is 16.3. The number of piperazine rings is 1. The molecule has 1 aliphatic rings. The molecule has 21 heavy (non-hydrogen) atoms. The van der Waals surface area contributed by atoms with Crippen molar-refractivity contribution in [2.75, 3.05) is 37.6 Å². The van der Waals surface area contributed by atoms with Gasteiger partial charge in [0.1, 0.15) is 0 Å². The molecule has 0 saturated carbocycles. The van der Waals surface area contributed by atoms with Crippen molar-refractivity contribution in [2.24, 2.45) is 11.1 Å². The molecule has 1 fully saturated rings. The highest BCUT2D eigenvalue weighted by Gasteiger charge is 2.24. The Kier molecular flexibility index (Phi) is 5.58. The van der Waals surface area contributed by atoms with Gasteiger partial charge in [-0.15, -0.1) is 11.3 Å². The number of nitrogens with two attached hydrogens (primary N) is 1. The Bertz CT molecular complexity index is 439. The Morgan fingerprint density at radius 2 is 2.05 bits per heavy atom. The fraction of sp³-hybridized carbons (Fsp3) is 0.733. The van der Waals surface area contributed by atoms with Gasteiger partial charge in [-0.25, -0.2) is 4.98 Å². The van der Waals surface area contributed by atoms with Crippen LogP contribution < -0.4 is 10.6 Å². The quantitative estimate of drug-likeness (QED) is 0.872. The van der Waals surface area contributed by atoms with Gasteiger partial charge in [0.05, 0.1) is 0 Å². The molecule has 0 atom stereocenters. The Labute approximate surface area is 131 Å². The first-order valence-corrected chi connectivity index (χ1v) is 8.52. The largest absolute Gasteiger partial charge is 0.345 e. The second kappa shape index (κ2) is 7.22. The van der Waals surface area contributed by atoms with Gasteiger partial charge in [-0.2, -0.15) is 0 Å². The molecule has 0 radical (unpaired) electrons. The highest BCUT2D eigenvalue weighted by atomic mass is 32.1. The van der Waals surface area contributed by atoms with E-state index in [-0.39, 0.29) is 11.3 Å². The molecular formula is C15H26N4OS. The molecule has 118 valence electrons. The zero-order valence-electron chi connectivity index (χ0n) is 13.0. The minimum absolute atomic E-state index is 0.160. The van der Waals surface area contributed by atoms with Gasteiger partial charge in [0.25, 0.3) is 0 Å². The van der Waals surface area contributed by atoms with Gasteiger partial charge in [-0.3, -0.25) is 4.79 Å². The maximum atomic E-state index is 12.3. The first-order chi connectivity index (χ1) is 10.0. The van der Waals surface area contributed by atoms with Gasteiger partial charge >= 0.3 is 0 Å². The zero-order valence-corrected chi connectivity index (χ0v) is 13.9. The maximum absolute atomic E-state index is 12.3. The Morgan fingerprint density at radius 1 is 1.33 bits per heavy atom. The van der Waals surface area contributed by atoms with Crippen molar-refractivity contribution < 1.29 is 4.79 Å². The van der Waals surface area contributed by atoms with Gasteiger partial charge in [-0.05, 0) is 24.8 Å². The summed E-state index contributed by atoms with van der Waals surface area (Å²) in [6, 6.07) is 0. The van der Waals surface area contributed by atoms with Crippen LogP contribution in [0.4, 0.5) is 5.13 Å². The Hall–Kier alpha value is -1.14. The fourth-order valence-electron chi connectivity index (χ4n) is 2.64. The van der Waals surface area contributed by atoms with Crippen molar-refractivity contribution in [1.29, 1.82) is 0 Å².